The van der Waals surface area contributed by atoms with Crippen molar-refractivity contribution >= 4 is 77.7 Å². The molecule has 63 heavy (non-hydrogen) atoms. The van der Waals surface area contributed by atoms with Crippen LogP contribution in [0.1, 0.15) is 0 Å². The fourth-order valence-corrected chi connectivity index (χ4v) is 9.83. The number of fused-ring (bicyclic) bond motifs is 8. The maximum atomic E-state index is 5.11. The van der Waals surface area contributed by atoms with Crippen LogP contribution < -0.4 is 0 Å². The Hall–Kier alpha value is -8.54. The van der Waals surface area contributed by atoms with E-state index in [0.29, 0.717) is 11.0 Å². The summed E-state index contributed by atoms with van der Waals surface area (Å²) in [5.74, 6) is 0. The Labute approximate surface area is 362 Å². The topological polar surface area (TPSA) is 113 Å². The molecule has 0 atom stereocenters. The van der Waals surface area contributed by atoms with Gasteiger partial charge in [-0.1, -0.05) is 72.8 Å². The molecule has 8 heterocycles. The summed E-state index contributed by atoms with van der Waals surface area (Å²) in [7, 11) is 0. The van der Waals surface area contributed by atoms with Gasteiger partial charge < -0.3 is 9.13 Å². The van der Waals surface area contributed by atoms with Crippen LogP contribution in [0, 0.1) is 0 Å². The molecular formula is C52H30N10S. The highest BCUT2D eigenvalue weighted by molar-refractivity contribution is 7.00. The Balaban J connectivity index is 1.05. The number of hydrogen-bond donors (Lipinski definition) is 0. The van der Waals surface area contributed by atoms with Crippen molar-refractivity contribution in [2.45, 2.75) is 0 Å². The van der Waals surface area contributed by atoms with Gasteiger partial charge in [0.25, 0.3) is 0 Å². The van der Waals surface area contributed by atoms with Crippen LogP contribution >= 0.6 is 11.7 Å². The van der Waals surface area contributed by atoms with Crippen molar-refractivity contribution in [3.8, 4) is 56.1 Å². The van der Waals surface area contributed by atoms with Gasteiger partial charge >= 0.3 is 0 Å². The van der Waals surface area contributed by atoms with Gasteiger partial charge in [-0.15, -0.1) is 0 Å². The van der Waals surface area contributed by atoms with E-state index in [-0.39, 0.29) is 0 Å². The minimum atomic E-state index is 0.694. The Morgan fingerprint density at radius 1 is 0.317 bits per heavy atom. The SMILES string of the molecule is c1ccc(-c2ccccc2-c2ccc3c(c2)c2ncccc2n3-c2c3nccnc3c(-n3c4ccc(-c5ccccc5-c5ccccn5)cc4c4ncccc43)c3nsnc23)nc1. The van der Waals surface area contributed by atoms with E-state index in [1.54, 1.807) is 12.4 Å². The van der Waals surface area contributed by atoms with Gasteiger partial charge in [0.2, 0.25) is 0 Å². The number of benzene rings is 5. The molecule has 0 unspecified atom stereocenters. The lowest BCUT2D eigenvalue weighted by Gasteiger charge is -2.16. The van der Waals surface area contributed by atoms with Crippen LogP contribution in [0.3, 0.4) is 0 Å². The zero-order valence-corrected chi connectivity index (χ0v) is 34.0. The monoisotopic (exact) mass is 826 g/mol. The van der Waals surface area contributed by atoms with Gasteiger partial charge in [0.05, 0.1) is 56.2 Å². The lowest BCUT2D eigenvalue weighted by atomic mass is 9.96. The zero-order valence-electron chi connectivity index (χ0n) is 33.2. The first-order chi connectivity index (χ1) is 31.3. The van der Waals surface area contributed by atoms with Gasteiger partial charge in [-0.2, -0.15) is 8.75 Å². The van der Waals surface area contributed by atoms with Crippen LogP contribution in [0.5, 0.6) is 0 Å². The molecule has 8 aromatic heterocycles. The molecule has 0 saturated heterocycles. The molecule has 10 nitrogen and oxygen atoms in total. The van der Waals surface area contributed by atoms with Crippen LogP contribution in [0.4, 0.5) is 0 Å². The third-order valence-corrected chi connectivity index (χ3v) is 12.5. The molecular weight excluding hydrogens is 797 g/mol. The maximum absolute atomic E-state index is 5.11. The van der Waals surface area contributed by atoms with Crippen LogP contribution in [-0.2, 0) is 0 Å². The highest BCUT2D eigenvalue weighted by Crippen LogP contribution is 2.44. The molecule has 0 radical (unpaired) electrons. The van der Waals surface area contributed by atoms with E-state index < -0.39 is 0 Å². The summed E-state index contributed by atoms with van der Waals surface area (Å²) in [6, 6.07) is 50.1. The van der Waals surface area contributed by atoms with Gasteiger partial charge in [-0.25, -0.2) is 0 Å². The second kappa shape index (κ2) is 14.0. The molecule has 11 heteroatoms. The molecule has 0 fully saturated rings. The fraction of sp³-hybridized carbons (Fsp3) is 0. The summed E-state index contributed by atoms with van der Waals surface area (Å²) in [6.45, 7) is 0. The third-order valence-electron chi connectivity index (χ3n) is 11.9. The standard InChI is InChI=1S/C52H30N10S/c1-3-13-35(39-15-5-7-23-53-39)33(11-1)31-19-21-41-37(29-31)45-43(17-9-25-55-45)61(41)51-47-48(58-28-27-57-47)52(50-49(51)59-63-60-50)62-42-22-20-32(30-38(42)46-44(62)18-10-26-56-46)34-12-2-4-14-36(34)40-16-6-8-24-54-40/h1-30H. The van der Waals surface area contributed by atoms with Gasteiger partial charge in [0, 0.05) is 59.1 Å². The summed E-state index contributed by atoms with van der Waals surface area (Å²) >= 11 is 1.18. The molecule has 0 spiro atoms. The molecule has 0 aliphatic rings. The van der Waals surface area contributed by atoms with E-state index in [1.165, 1.54) is 11.7 Å². The highest BCUT2D eigenvalue weighted by Gasteiger charge is 2.27. The second-order valence-corrected chi connectivity index (χ2v) is 15.8. The molecule has 13 aromatic rings. The van der Waals surface area contributed by atoms with Crippen molar-refractivity contribution < 1.29 is 0 Å². The molecule has 0 saturated carbocycles. The lowest BCUT2D eigenvalue weighted by molar-refractivity contribution is 1.15. The summed E-state index contributed by atoms with van der Waals surface area (Å²) < 4.78 is 14.6. The molecule has 0 aliphatic heterocycles. The Morgan fingerprint density at radius 3 is 1.21 bits per heavy atom. The number of nitrogens with zero attached hydrogens (tertiary/aromatic N) is 10. The van der Waals surface area contributed by atoms with Gasteiger partial charge in [-0.3, -0.25) is 29.9 Å². The minimum Gasteiger partial charge on any atom is -0.303 e. The number of aromatic nitrogens is 10. The predicted molar refractivity (Wildman–Crippen MR) is 252 cm³/mol. The van der Waals surface area contributed by atoms with E-state index in [0.717, 1.165) is 111 Å². The van der Waals surface area contributed by atoms with Gasteiger partial charge in [0.1, 0.15) is 33.4 Å². The fourth-order valence-electron chi connectivity index (χ4n) is 9.28. The normalized spacial score (nSPS) is 11.8. The molecule has 294 valence electrons. The number of rotatable bonds is 6. The van der Waals surface area contributed by atoms with Crippen LogP contribution in [-0.4, -0.2) is 47.8 Å². The molecule has 0 bridgehead atoms. The van der Waals surface area contributed by atoms with E-state index in [1.807, 2.05) is 73.3 Å². The Bertz CT molecular complexity index is 3680. The smallest absolute Gasteiger partial charge is 0.133 e. The summed E-state index contributed by atoms with van der Waals surface area (Å²) in [4.78, 5) is 29.5. The van der Waals surface area contributed by atoms with Crippen molar-refractivity contribution in [1.29, 1.82) is 0 Å². The van der Waals surface area contributed by atoms with Crippen molar-refractivity contribution in [2.24, 2.45) is 0 Å². The summed E-state index contributed by atoms with van der Waals surface area (Å²) in [6.07, 6.45) is 10.9. The average molecular weight is 827 g/mol. The van der Waals surface area contributed by atoms with Crippen LogP contribution in [0.15, 0.2) is 183 Å². The summed E-state index contributed by atoms with van der Waals surface area (Å²) in [5, 5.41) is 2.01. The van der Waals surface area contributed by atoms with Gasteiger partial charge in [-0.05, 0) is 95.1 Å². The number of hydrogen-bond acceptors (Lipinski definition) is 9. The quantitative estimate of drug-likeness (QED) is 0.163. The molecule has 0 amide bonds. The van der Waals surface area contributed by atoms with Crippen LogP contribution in [0.2, 0.25) is 0 Å². The Morgan fingerprint density at radius 2 is 0.746 bits per heavy atom. The van der Waals surface area contributed by atoms with Crippen molar-refractivity contribution in [2.75, 3.05) is 0 Å². The van der Waals surface area contributed by atoms with E-state index in [4.69, 9.17) is 28.7 Å². The summed E-state index contributed by atoms with van der Waals surface area (Å²) in [5.41, 5.74) is 18.2. The third kappa shape index (κ3) is 5.36. The molecule has 0 N–H and O–H groups in total. The van der Waals surface area contributed by atoms with E-state index in [2.05, 4.69) is 116 Å². The van der Waals surface area contributed by atoms with Crippen molar-refractivity contribution in [3.05, 3.63) is 183 Å². The molecule has 0 aliphatic carbocycles. The molecule has 5 aromatic carbocycles. The first kappa shape index (κ1) is 35.2. The zero-order chi connectivity index (χ0) is 41.4. The highest BCUT2D eigenvalue weighted by atomic mass is 32.1. The van der Waals surface area contributed by atoms with E-state index >= 15 is 0 Å². The number of pyridine rings is 4. The van der Waals surface area contributed by atoms with Crippen molar-refractivity contribution in [1.82, 2.24) is 47.8 Å². The predicted octanol–water partition coefficient (Wildman–Crippen LogP) is 12.1. The lowest BCUT2D eigenvalue weighted by Crippen LogP contribution is -2.05. The van der Waals surface area contributed by atoms with Crippen molar-refractivity contribution in [3.63, 3.8) is 0 Å². The maximum Gasteiger partial charge on any atom is 0.133 e. The Kier molecular flexibility index (Phi) is 7.84. The van der Waals surface area contributed by atoms with E-state index in [9.17, 15) is 0 Å². The largest absolute Gasteiger partial charge is 0.303 e. The minimum absolute atomic E-state index is 0.694. The first-order valence-corrected chi connectivity index (χ1v) is 21.2. The van der Waals surface area contributed by atoms with Gasteiger partial charge in [0.15, 0.2) is 0 Å². The van der Waals surface area contributed by atoms with Crippen LogP contribution in [0.25, 0.3) is 122 Å². The molecule has 13 rings (SSSR count). The average Bonchev–Trinajstić information content (AvgIpc) is 4.07. The second-order valence-electron chi connectivity index (χ2n) is 15.3. The first-order valence-electron chi connectivity index (χ1n) is 20.5.